The average molecular weight is 230 g/mol. The van der Waals surface area contributed by atoms with Crippen LogP contribution in [-0.4, -0.2) is 23.6 Å². The van der Waals surface area contributed by atoms with Crippen molar-refractivity contribution in [2.45, 2.75) is 12.6 Å². The van der Waals surface area contributed by atoms with E-state index in [0.29, 0.717) is 5.88 Å². The molecule has 3 nitrogen and oxygen atoms in total. The molecule has 0 spiro atoms. The van der Waals surface area contributed by atoms with E-state index in [-0.39, 0.29) is 0 Å². The fraction of sp³-hybridized carbons (Fsp3) is 0.286. The maximum absolute atomic E-state index is 9.31. The molecule has 1 N–H and O–H groups in total. The van der Waals surface area contributed by atoms with Crippen LogP contribution >= 0.6 is 15.9 Å². The summed E-state index contributed by atoms with van der Waals surface area (Å²) in [7, 11) is 1.55. The SMILES string of the molecule is BC(C)(O)Oc1ncccc1Br. The number of rotatable bonds is 2. The number of nitrogens with zero attached hydrogens (tertiary/aromatic N) is 1. The van der Waals surface area contributed by atoms with Crippen LogP contribution in [-0.2, 0) is 0 Å². The van der Waals surface area contributed by atoms with Gasteiger partial charge >= 0.3 is 0 Å². The van der Waals surface area contributed by atoms with Gasteiger partial charge in [0, 0.05) is 6.20 Å². The fourth-order valence-corrected chi connectivity index (χ4v) is 1.02. The molecule has 1 rings (SSSR count). The Kier molecular flexibility index (Phi) is 2.74. The van der Waals surface area contributed by atoms with Gasteiger partial charge in [-0.1, -0.05) is 0 Å². The van der Waals surface area contributed by atoms with Gasteiger partial charge in [-0.05, 0) is 35.0 Å². The van der Waals surface area contributed by atoms with E-state index < -0.39 is 5.69 Å². The monoisotopic (exact) mass is 229 g/mol. The lowest BCUT2D eigenvalue weighted by Gasteiger charge is -2.19. The van der Waals surface area contributed by atoms with Crippen molar-refractivity contribution in [1.82, 2.24) is 4.98 Å². The highest BCUT2D eigenvalue weighted by Crippen LogP contribution is 2.22. The van der Waals surface area contributed by atoms with Crippen molar-refractivity contribution >= 4 is 23.8 Å². The molecule has 0 aromatic carbocycles. The van der Waals surface area contributed by atoms with E-state index in [9.17, 15) is 5.11 Å². The number of hydrogen-bond donors (Lipinski definition) is 1. The minimum atomic E-state index is -1.20. The van der Waals surface area contributed by atoms with Gasteiger partial charge in [0.15, 0.2) is 13.5 Å². The third kappa shape index (κ3) is 2.83. The second kappa shape index (κ2) is 3.45. The van der Waals surface area contributed by atoms with Gasteiger partial charge in [-0.3, -0.25) is 0 Å². The van der Waals surface area contributed by atoms with Gasteiger partial charge in [0.1, 0.15) is 0 Å². The Hall–Kier alpha value is -0.545. The molecule has 0 aliphatic carbocycles. The molecule has 0 aliphatic rings. The second-order valence-electron chi connectivity index (χ2n) is 2.84. The van der Waals surface area contributed by atoms with Crippen LogP contribution < -0.4 is 4.74 Å². The lowest BCUT2D eigenvalue weighted by Crippen LogP contribution is -2.32. The predicted octanol–water partition coefficient (Wildman–Crippen LogP) is 0.522. The van der Waals surface area contributed by atoms with Gasteiger partial charge in [-0.15, -0.1) is 0 Å². The first-order valence-electron chi connectivity index (χ1n) is 3.51. The quantitative estimate of drug-likeness (QED) is 0.594. The fourth-order valence-electron chi connectivity index (χ4n) is 0.683. The summed E-state index contributed by atoms with van der Waals surface area (Å²) in [4.78, 5) is 3.93. The first-order valence-corrected chi connectivity index (χ1v) is 4.30. The molecule has 0 saturated heterocycles. The van der Waals surface area contributed by atoms with Crippen molar-refractivity contribution in [3.05, 3.63) is 22.8 Å². The van der Waals surface area contributed by atoms with Gasteiger partial charge < -0.3 is 9.84 Å². The number of aromatic nitrogens is 1. The third-order valence-electron chi connectivity index (χ3n) is 1.07. The summed E-state index contributed by atoms with van der Waals surface area (Å²) in [5.41, 5.74) is -1.20. The van der Waals surface area contributed by atoms with Crippen LogP contribution in [0.25, 0.3) is 0 Å². The molecule has 1 unspecified atom stereocenters. The van der Waals surface area contributed by atoms with E-state index in [2.05, 4.69) is 20.9 Å². The molecule has 1 heterocycles. The molecular formula is C7H9BBrNO2. The van der Waals surface area contributed by atoms with Crippen molar-refractivity contribution in [2.75, 3.05) is 0 Å². The van der Waals surface area contributed by atoms with Gasteiger partial charge in [-0.2, -0.15) is 0 Å². The van der Waals surface area contributed by atoms with Crippen molar-refractivity contribution in [3.63, 3.8) is 0 Å². The molecule has 12 heavy (non-hydrogen) atoms. The van der Waals surface area contributed by atoms with Gasteiger partial charge in [0.2, 0.25) is 5.88 Å². The Balaban J connectivity index is 2.83. The maximum Gasteiger partial charge on any atom is 0.229 e. The Morgan fingerprint density at radius 3 is 2.92 bits per heavy atom. The van der Waals surface area contributed by atoms with Crippen LogP contribution in [0.1, 0.15) is 6.92 Å². The van der Waals surface area contributed by atoms with E-state index in [4.69, 9.17) is 4.74 Å². The zero-order valence-corrected chi connectivity index (χ0v) is 8.50. The molecule has 64 valence electrons. The van der Waals surface area contributed by atoms with Crippen molar-refractivity contribution in [1.29, 1.82) is 0 Å². The van der Waals surface area contributed by atoms with Crippen molar-refractivity contribution in [3.8, 4) is 5.88 Å². The number of aliphatic hydroxyl groups is 1. The Morgan fingerprint density at radius 2 is 2.42 bits per heavy atom. The van der Waals surface area contributed by atoms with Crippen LogP contribution in [0.3, 0.4) is 0 Å². The maximum atomic E-state index is 9.31. The Labute approximate surface area is 80.3 Å². The zero-order chi connectivity index (χ0) is 9.19. The minimum Gasteiger partial charge on any atom is -0.454 e. The van der Waals surface area contributed by atoms with Crippen molar-refractivity contribution < 1.29 is 9.84 Å². The largest absolute Gasteiger partial charge is 0.454 e. The molecule has 0 saturated carbocycles. The molecule has 0 fully saturated rings. The molecule has 0 radical (unpaired) electrons. The highest BCUT2D eigenvalue weighted by Gasteiger charge is 2.16. The average Bonchev–Trinajstić information content (AvgIpc) is 1.91. The number of hydrogen-bond acceptors (Lipinski definition) is 3. The molecule has 1 atom stereocenters. The molecule has 0 bridgehead atoms. The Bertz CT molecular complexity index is 274. The minimum absolute atomic E-state index is 0.394. The molecule has 5 heteroatoms. The molecular weight excluding hydrogens is 221 g/mol. The van der Waals surface area contributed by atoms with Gasteiger partial charge in [0.05, 0.1) is 4.47 Å². The van der Waals surface area contributed by atoms with Crippen LogP contribution in [0.2, 0.25) is 0 Å². The van der Waals surface area contributed by atoms with E-state index >= 15 is 0 Å². The summed E-state index contributed by atoms with van der Waals surface area (Å²) in [5, 5.41) is 9.31. The van der Waals surface area contributed by atoms with Crippen LogP contribution in [0.15, 0.2) is 22.8 Å². The number of ether oxygens (including phenoxy) is 1. The molecule has 0 aliphatic heterocycles. The molecule has 1 aromatic rings. The second-order valence-corrected chi connectivity index (χ2v) is 3.69. The van der Waals surface area contributed by atoms with Crippen LogP contribution in [0.4, 0.5) is 0 Å². The normalized spacial score (nSPS) is 15.2. The summed E-state index contributed by atoms with van der Waals surface area (Å²) in [5.74, 6) is 0.394. The topological polar surface area (TPSA) is 42.4 Å². The smallest absolute Gasteiger partial charge is 0.229 e. The standard InChI is InChI=1S/C7H9BBrNO2/c1-7(8,11)12-6-5(9)3-2-4-10-6/h2-4,11H,8H2,1H3. The van der Waals surface area contributed by atoms with Gasteiger partial charge in [0.25, 0.3) is 0 Å². The molecule has 1 aromatic heterocycles. The van der Waals surface area contributed by atoms with E-state index in [1.807, 2.05) is 0 Å². The lowest BCUT2D eigenvalue weighted by molar-refractivity contribution is -0.0484. The highest BCUT2D eigenvalue weighted by atomic mass is 79.9. The van der Waals surface area contributed by atoms with E-state index in [1.54, 1.807) is 33.1 Å². The highest BCUT2D eigenvalue weighted by molar-refractivity contribution is 9.10. The molecule has 0 amide bonds. The summed E-state index contributed by atoms with van der Waals surface area (Å²) in [6.07, 6.45) is 1.60. The lowest BCUT2D eigenvalue weighted by atomic mass is 9.97. The predicted molar refractivity (Wildman–Crippen MR) is 51.7 cm³/mol. The zero-order valence-electron chi connectivity index (χ0n) is 6.91. The third-order valence-corrected chi connectivity index (χ3v) is 1.67. The van der Waals surface area contributed by atoms with E-state index in [0.717, 1.165) is 4.47 Å². The first-order chi connectivity index (χ1) is 5.49. The summed E-state index contributed by atoms with van der Waals surface area (Å²) >= 11 is 3.25. The Morgan fingerprint density at radius 1 is 1.75 bits per heavy atom. The van der Waals surface area contributed by atoms with Gasteiger partial charge in [-0.25, -0.2) is 4.98 Å². The van der Waals surface area contributed by atoms with Crippen LogP contribution in [0.5, 0.6) is 5.88 Å². The number of halogens is 1. The van der Waals surface area contributed by atoms with E-state index in [1.165, 1.54) is 0 Å². The number of pyridine rings is 1. The van der Waals surface area contributed by atoms with Crippen LogP contribution in [0, 0.1) is 0 Å². The first kappa shape index (κ1) is 9.54. The summed E-state index contributed by atoms with van der Waals surface area (Å²) < 4.78 is 5.86. The van der Waals surface area contributed by atoms with Crippen molar-refractivity contribution in [2.24, 2.45) is 0 Å². The summed E-state index contributed by atoms with van der Waals surface area (Å²) in [6.45, 7) is 1.55. The summed E-state index contributed by atoms with van der Waals surface area (Å²) in [6, 6.07) is 3.58.